The van der Waals surface area contributed by atoms with Gasteiger partial charge in [0, 0.05) is 19.1 Å². The number of fused-ring (bicyclic) bond motifs is 1. The number of halogens is 1. The second kappa shape index (κ2) is 11.5. The molecule has 1 aromatic heterocycles. The minimum atomic E-state index is -0.302. The van der Waals surface area contributed by atoms with Crippen molar-refractivity contribution in [2.24, 2.45) is 5.92 Å². The number of aromatic nitrogens is 2. The summed E-state index contributed by atoms with van der Waals surface area (Å²) in [5, 5.41) is 0.540. The molecule has 0 radical (unpaired) electrons. The van der Waals surface area contributed by atoms with Crippen molar-refractivity contribution in [2.75, 3.05) is 20.2 Å². The van der Waals surface area contributed by atoms with E-state index in [1.54, 1.807) is 13.2 Å². The fourth-order valence-electron chi connectivity index (χ4n) is 5.91. The zero-order valence-electron chi connectivity index (χ0n) is 22.5. The van der Waals surface area contributed by atoms with Crippen LogP contribution in [0.4, 0.5) is 4.39 Å². The number of hydrogen-bond acceptors (Lipinski definition) is 4. The van der Waals surface area contributed by atoms with Crippen molar-refractivity contribution in [3.8, 4) is 28.3 Å². The standard InChI is InChI=1S/C32H36FN3O2/c1-4-26(5-2)35-17-9-10-22(20-35)21-36-31(27-13-6-7-14-30(27)38-3)34-29-16-15-24(19-28(29)32(36)37)23-11-8-12-25(33)18-23/h6-8,11-16,18-19,22,26H,4-5,9-10,17,20-21H2,1-3H3. The largest absolute Gasteiger partial charge is 0.496 e. The molecule has 0 N–H and O–H groups in total. The molecule has 5 rings (SSSR count). The molecule has 0 amide bonds. The fourth-order valence-corrected chi connectivity index (χ4v) is 5.91. The second-order valence-corrected chi connectivity index (χ2v) is 10.3. The average molecular weight is 514 g/mol. The molecule has 0 saturated carbocycles. The van der Waals surface area contributed by atoms with E-state index in [0.29, 0.717) is 41.0 Å². The van der Waals surface area contributed by atoms with Crippen LogP contribution in [0.15, 0.2) is 71.5 Å². The van der Waals surface area contributed by atoms with Crippen LogP contribution in [0.25, 0.3) is 33.4 Å². The molecule has 0 spiro atoms. The molecule has 1 aliphatic heterocycles. The maximum atomic E-state index is 14.2. The van der Waals surface area contributed by atoms with Crippen LogP contribution in [0.3, 0.4) is 0 Å². The van der Waals surface area contributed by atoms with E-state index in [1.165, 1.54) is 12.1 Å². The summed E-state index contributed by atoms with van der Waals surface area (Å²) in [6.07, 6.45) is 4.48. The molecular weight excluding hydrogens is 477 g/mol. The molecule has 198 valence electrons. The highest BCUT2D eigenvalue weighted by molar-refractivity contribution is 5.85. The van der Waals surface area contributed by atoms with E-state index in [1.807, 2.05) is 53.1 Å². The number of likely N-dealkylation sites (tertiary alicyclic amines) is 1. The number of benzene rings is 3. The van der Waals surface area contributed by atoms with Crippen molar-refractivity contribution >= 4 is 10.9 Å². The van der Waals surface area contributed by atoms with E-state index in [0.717, 1.165) is 55.5 Å². The molecule has 1 fully saturated rings. The smallest absolute Gasteiger partial charge is 0.261 e. The summed E-state index contributed by atoms with van der Waals surface area (Å²) < 4.78 is 21.4. The van der Waals surface area contributed by atoms with E-state index in [9.17, 15) is 9.18 Å². The molecule has 1 unspecified atom stereocenters. The quantitative estimate of drug-likeness (QED) is 0.261. The SMILES string of the molecule is CCC(CC)N1CCCC(Cn2c(-c3ccccc3OC)nc3ccc(-c4cccc(F)c4)cc3c2=O)C1. The van der Waals surface area contributed by atoms with Gasteiger partial charge in [-0.15, -0.1) is 0 Å². The topological polar surface area (TPSA) is 47.4 Å². The molecule has 6 heteroatoms. The highest BCUT2D eigenvalue weighted by Crippen LogP contribution is 2.31. The van der Waals surface area contributed by atoms with E-state index in [-0.39, 0.29) is 11.4 Å². The van der Waals surface area contributed by atoms with E-state index >= 15 is 0 Å². The van der Waals surface area contributed by atoms with Crippen molar-refractivity contribution in [1.29, 1.82) is 0 Å². The summed E-state index contributed by atoms with van der Waals surface area (Å²) in [5.74, 6) is 1.36. The number of rotatable bonds is 8. The van der Waals surface area contributed by atoms with Crippen molar-refractivity contribution in [3.63, 3.8) is 0 Å². The molecule has 4 aromatic rings. The van der Waals surface area contributed by atoms with E-state index in [2.05, 4.69) is 18.7 Å². The van der Waals surface area contributed by atoms with Crippen molar-refractivity contribution in [2.45, 2.75) is 52.1 Å². The number of hydrogen-bond donors (Lipinski definition) is 0. The van der Waals surface area contributed by atoms with Gasteiger partial charge in [-0.2, -0.15) is 0 Å². The summed E-state index contributed by atoms with van der Waals surface area (Å²) in [5.41, 5.74) is 2.88. The number of methoxy groups -OCH3 is 1. The lowest BCUT2D eigenvalue weighted by molar-refractivity contribution is 0.109. The van der Waals surface area contributed by atoms with Crippen molar-refractivity contribution in [1.82, 2.24) is 14.5 Å². The maximum Gasteiger partial charge on any atom is 0.261 e. The minimum absolute atomic E-state index is 0.0752. The molecule has 1 aliphatic rings. The van der Waals surface area contributed by atoms with Crippen LogP contribution < -0.4 is 10.3 Å². The van der Waals surface area contributed by atoms with Gasteiger partial charge < -0.3 is 9.64 Å². The monoisotopic (exact) mass is 513 g/mol. The first-order valence-electron chi connectivity index (χ1n) is 13.7. The number of piperidine rings is 1. The lowest BCUT2D eigenvalue weighted by Gasteiger charge is -2.38. The molecule has 38 heavy (non-hydrogen) atoms. The number of para-hydroxylation sites is 1. The second-order valence-electron chi connectivity index (χ2n) is 10.3. The Hall–Kier alpha value is -3.51. The normalized spacial score (nSPS) is 16.3. The summed E-state index contributed by atoms with van der Waals surface area (Å²) in [4.78, 5) is 21.8. The van der Waals surface area contributed by atoms with Gasteiger partial charge in [0.05, 0.1) is 23.6 Å². The predicted molar refractivity (Wildman–Crippen MR) is 152 cm³/mol. The first-order valence-corrected chi connectivity index (χ1v) is 13.7. The van der Waals surface area contributed by atoms with Gasteiger partial charge in [-0.1, -0.05) is 44.2 Å². The van der Waals surface area contributed by atoms with Crippen LogP contribution in [0, 0.1) is 11.7 Å². The highest BCUT2D eigenvalue weighted by Gasteiger charge is 2.26. The Labute approximate surface area is 223 Å². The summed E-state index contributed by atoms with van der Waals surface area (Å²) in [6.45, 7) is 7.20. The van der Waals surface area contributed by atoms with Crippen LogP contribution in [-0.2, 0) is 6.54 Å². The van der Waals surface area contributed by atoms with Gasteiger partial charge in [0.2, 0.25) is 0 Å². The molecule has 3 aromatic carbocycles. The van der Waals surface area contributed by atoms with Gasteiger partial charge in [0.1, 0.15) is 17.4 Å². The van der Waals surface area contributed by atoms with E-state index < -0.39 is 0 Å². The Bertz CT molecular complexity index is 1480. The van der Waals surface area contributed by atoms with Crippen LogP contribution in [0.1, 0.15) is 39.5 Å². The number of nitrogens with zero attached hydrogens (tertiary/aromatic N) is 3. The third-order valence-electron chi connectivity index (χ3n) is 7.91. The first-order chi connectivity index (χ1) is 18.5. The third kappa shape index (κ3) is 5.23. The highest BCUT2D eigenvalue weighted by atomic mass is 19.1. The maximum absolute atomic E-state index is 14.2. The average Bonchev–Trinajstić information content (AvgIpc) is 2.95. The Morgan fingerprint density at radius 1 is 1.03 bits per heavy atom. The Balaban J connectivity index is 1.63. The molecule has 1 atom stereocenters. The summed E-state index contributed by atoms with van der Waals surface area (Å²) in [6, 6.07) is 20.4. The van der Waals surface area contributed by atoms with Crippen LogP contribution in [-0.4, -0.2) is 40.7 Å². The molecular formula is C32H36FN3O2. The lowest BCUT2D eigenvalue weighted by atomic mass is 9.95. The summed E-state index contributed by atoms with van der Waals surface area (Å²) in [7, 11) is 1.64. The van der Waals surface area contributed by atoms with Crippen LogP contribution in [0.5, 0.6) is 5.75 Å². The fraction of sp³-hybridized carbons (Fsp3) is 0.375. The molecule has 5 nitrogen and oxygen atoms in total. The van der Waals surface area contributed by atoms with E-state index in [4.69, 9.17) is 9.72 Å². The molecule has 0 aliphatic carbocycles. The van der Waals surface area contributed by atoms with Gasteiger partial charge in [0.25, 0.3) is 5.56 Å². The minimum Gasteiger partial charge on any atom is -0.496 e. The summed E-state index contributed by atoms with van der Waals surface area (Å²) >= 11 is 0. The van der Waals surface area contributed by atoms with Crippen LogP contribution in [0.2, 0.25) is 0 Å². The van der Waals surface area contributed by atoms with Gasteiger partial charge in [-0.05, 0) is 85.7 Å². The van der Waals surface area contributed by atoms with Gasteiger partial charge in [-0.25, -0.2) is 9.37 Å². The van der Waals surface area contributed by atoms with Gasteiger partial charge in [0.15, 0.2) is 0 Å². The molecule has 0 bridgehead atoms. The zero-order chi connectivity index (χ0) is 26.6. The first kappa shape index (κ1) is 26.1. The zero-order valence-corrected chi connectivity index (χ0v) is 22.5. The van der Waals surface area contributed by atoms with Crippen molar-refractivity contribution in [3.05, 3.63) is 82.9 Å². The van der Waals surface area contributed by atoms with Crippen molar-refractivity contribution < 1.29 is 9.13 Å². The Morgan fingerprint density at radius 3 is 2.58 bits per heavy atom. The molecule has 2 heterocycles. The third-order valence-corrected chi connectivity index (χ3v) is 7.91. The van der Waals surface area contributed by atoms with Gasteiger partial charge in [-0.3, -0.25) is 9.36 Å². The molecule has 1 saturated heterocycles. The Kier molecular flexibility index (Phi) is 7.89. The lowest BCUT2D eigenvalue weighted by Crippen LogP contribution is -2.44. The van der Waals surface area contributed by atoms with Gasteiger partial charge >= 0.3 is 0 Å². The predicted octanol–water partition coefficient (Wildman–Crippen LogP) is 6.78. The van der Waals surface area contributed by atoms with Crippen LogP contribution >= 0.6 is 0 Å². The Morgan fingerprint density at radius 2 is 1.82 bits per heavy atom. The number of ether oxygens (including phenoxy) is 1.